The van der Waals surface area contributed by atoms with E-state index in [1.807, 2.05) is 30.3 Å². The maximum Gasteiger partial charge on any atom is 0.321 e. The van der Waals surface area contributed by atoms with Crippen LogP contribution in [0.25, 0.3) is 0 Å². The Morgan fingerprint density at radius 3 is 2.60 bits per heavy atom. The molecule has 7 heteroatoms. The van der Waals surface area contributed by atoms with Gasteiger partial charge in [0.15, 0.2) is 0 Å². The van der Waals surface area contributed by atoms with Crippen molar-refractivity contribution in [2.24, 2.45) is 0 Å². The highest BCUT2D eigenvalue weighted by Crippen LogP contribution is 2.21. The van der Waals surface area contributed by atoms with Crippen LogP contribution in [-0.2, 0) is 0 Å². The Kier molecular flexibility index (Phi) is 6.33. The highest BCUT2D eigenvalue weighted by molar-refractivity contribution is 5.89. The van der Waals surface area contributed by atoms with E-state index >= 15 is 0 Å². The molecule has 2 amide bonds. The Bertz CT molecular complexity index is 734. The topological polar surface area (TPSA) is 84.7 Å². The Morgan fingerprint density at radius 1 is 1.24 bits per heavy atom. The van der Waals surface area contributed by atoms with Crippen molar-refractivity contribution in [1.29, 1.82) is 0 Å². The SMILES string of the molecule is Cc1cc(NC(=O)N(C)CCCOc2ccccc2)ccc1[N+](=O)[O-]. The maximum atomic E-state index is 12.1. The Labute approximate surface area is 146 Å². The largest absolute Gasteiger partial charge is 0.494 e. The summed E-state index contributed by atoms with van der Waals surface area (Å²) in [6.45, 7) is 2.68. The van der Waals surface area contributed by atoms with Crippen molar-refractivity contribution < 1.29 is 14.5 Å². The second-order valence-corrected chi connectivity index (χ2v) is 5.63. The summed E-state index contributed by atoms with van der Waals surface area (Å²) in [6, 6.07) is 13.7. The smallest absolute Gasteiger partial charge is 0.321 e. The molecule has 2 aromatic rings. The van der Waals surface area contributed by atoms with Crippen LogP contribution in [0.3, 0.4) is 0 Å². The van der Waals surface area contributed by atoms with Crippen LogP contribution in [0, 0.1) is 17.0 Å². The first-order valence-corrected chi connectivity index (χ1v) is 7.92. The van der Waals surface area contributed by atoms with Gasteiger partial charge in [-0.2, -0.15) is 0 Å². The zero-order valence-electron chi connectivity index (χ0n) is 14.3. The fourth-order valence-corrected chi connectivity index (χ4v) is 2.27. The minimum atomic E-state index is -0.445. The maximum absolute atomic E-state index is 12.1. The first-order chi connectivity index (χ1) is 12.0. The van der Waals surface area contributed by atoms with Gasteiger partial charge in [0.05, 0.1) is 11.5 Å². The van der Waals surface area contributed by atoms with Gasteiger partial charge in [0.25, 0.3) is 5.69 Å². The van der Waals surface area contributed by atoms with Gasteiger partial charge in [-0.25, -0.2) is 4.79 Å². The molecule has 2 aromatic carbocycles. The molecule has 0 heterocycles. The molecule has 0 spiro atoms. The molecule has 0 fully saturated rings. The van der Waals surface area contributed by atoms with Crippen molar-refractivity contribution in [3.05, 3.63) is 64.2 Å². The van der Waals surface area contributed by atoms with Crippen LogP contribution < -0.4 is 10.1 Å². The van der Waals surface area contributed by atoms with Crippen molar-refractivity contribution >= 4 is 17.4 Å². The van der Waals surface area contributed by atoms with Crippen LogP contribution in [0.15, 0.2) is 48.5 Å². The minimum Gasteiger partial charge on any atom is -0.494 e. The molecule has 2 rings (SSSR count). The molecular weight excluding hydrogens is 322 g/mol. The molecule has 25 heavy (non-hydrogen) atoms. The van der Waals surface area contributed by atoms with E-state index in [9.17, 15) is 14.9 Å². The standard InChI is InChI=1S/C18H21N3O4/c1-14-13-15(9-10-17(14)21(23)24)19-18(22)20(2)11-6-12-25-16-7-4-3-5-8-16/h3-5,7-10,13H,6,11-12H2,1-2H3,(H,19,22). The van der Waals surface area contributed by atoms with Crippen molar-refractivity contribution in [2.75, 3.05) is 25.5 Å². The second-order valence-electron chi connectivity index (χ2n) is 5.63. The predicted octanol–water partition coefficient (Wildman–Crippen LogP) is 3.84. The number of ether oxygens (including phenoxy) is 1. The van der Waals surface area contributed by atoms with Crippen LogP contribution in [-0.4, -0.2) is 36.1 Å². The summed E-state index contributed by atoms with van der Waals surface area (Å²) in [5, 5.41) is 13.5. The lowest BCUT2D eigenvalue weighted by atomic mass is 10.2. The van der Waals surface area contributed by atoms with Crippen molar-refractivity contribution in [1.82, 2.24) is 4.90 Å². The number of rotatable bonds is 7. The average molecular weight is 343 g/mol. The quantitative estimate of drug-likeness (QED) is 0.470. The highest BCUT2D eigenvalue weighted by atomic mass is 16.6. The third-order valence-electron chi connectivity index (χ3n) is 3.64. The number of carbonyl (C=O) groups excluding carboxylic acids is 1. The second kappa shape index (κ2) is 8.68. The van der Waals surface area contributed by atoms with E-state index in [4.69, 9.17) is 4.74 Å². The number of nitro benzene ring substituents is 1. The lowest BCUT2D eigenvalue weighted by Crippen LogP contribution is -2.32. The molecule has 0 saturated carbocycles. The van der Waals surface area contributed by atoms with Crippen molar-refractivity contribution in [3.63, 3.8) is 0 Å². The third-order valence-corrected chi connectivity index (χ3v) is 3.64. The van der Waals surface area contributed by atoms with Crippen LogP contribution in [0.2, 0.25) is 0 Å². The number of nitrogens with zero attached hydrogens (tertiary/aromatic N) is 2. The van der Waals surface area contributed by atoms with Gasteiger partial charge in [0.1, 0.15) is 5.75 Å². The van der Waals surface area contributed by atoms with Gasteiger partial charge in [-0.3, -0.25) is 10.1 Å². The number of carbonyl (C=O) groups is 1. The zero-order valence-corrected chi connectivity index (χ0v) is 14.3. The van der Waals surface area contributed by atoms with Gasteiger partial charge in [-0.1, -0.05) is 18.2 Å². The van der Waals surface area contributed by atoms with Crippen LogP contribution in [0.1, 0.15) is 12.0 Å². The van der Waals surface area contributed by atoms with Gasteiger partial charge in [0.2, 0.25) is 0 Å². The molecule has 0 saturated heterocycles. The van der Waals surface area contributed by atoms with E-state index in [2.05, 4.69) is 5.32 Å². The molecule has 132 valence electrons. The number of urea groups is 1. The molecule has 7 nitrogen and oxygen atoms in total. The number of nitrogens with one attached hydrogen (secondary N) is 1. The van der Waals surface area contributed by atoms with E-state index < -0.39 is 4.92 Å². The fraction of sp³-hybridized carbons (Fsp3) is 0.278. The number of nitro groups is 1. The van der Waals surface area contributed by atoms with Gasteiger partial charge >= 0.3 is 6.03 Å². The lowest BCUT2D eigenvalue weighted by Gasteiger charge is -2.18. The fourth-order valence-electron chi connectivity index (χ4n) is 2.27. The van der Waals surface area contributed by atoms with Gasteiger partial charge < -0.3 is 15.0 Å². The highest BCUT2D eigenvalue weighted by Gasteiger charge is 2.13. The van der Waals surface area contributed by atoms with Crippen LogP contribution >= 0.6 is 0 Å². The summed E-state index contributed by atoms with van der Waals surface area (Å²) in [5.41, 5.74) is 1.06. The minimum absolute atomic E-state index is 0.0319. The van der Waals surface area contributed by atoms with E-state index in [1.54, 1.807) is 24.9 Å². The first kappa shape index (κ1) is 18.3. The predicted molar refractivity (Wildman–Crippen MR) is 96.0 cm³/mol. The number of aryl methyl sites for hydroxylation is 1. The molecule has 0 unspecified atom stereocenters. The molecular formula is C18H21N3O4. The summed E-state index contributed by atoms with van der Waals surface area (Å²) in [5.74, 6) is 0.802. The van der Waals surface area contributed by atoms with Crippen LogP contribution in [0.5, 0.6) is 5.75 Å². The molecule has 0 radical (unpaired) electrons. The number of benzene rings is 2. The summed E-state index contributed by atoms with van der Waals surface area (Å²) in [7, 11) is 1.69. The number of anilines is 1. The van der Waals surface area contributed by atoms with Crippen LogP contribution in [0.4, 0.5) is 16.2 Å². The molecule has 0 atom stereocenters. The Hall–Kier alpha value is -3.09. The zero-order chi connectivity index (χ0) is 18.2. The first-order valence-electron chi connectivity index (χ1n) is 7.92. The number of hydrogen-bond acceptors (Lipinski definition) is 4. The summed E-state index contributed by atoms with van der Waals surface area (Å²) < 4.78 is 5.58. The van der Waals surface area contributed by atoms with Crippen molar-refractivity contribution in [3.8, 4) is 5.75 Å². The Morgan fingerprint density at radius 2 is 1.96 bits per heavy atom. The molecule has 0 aromatic heterocycles. The van der Waals surface area contributed by atoms with E-state index in [-0.39, 0.29) is 11.7 Å². The summed E-state index contributed by atoms with van der Waals surface area (Å²) >= 11 is 0. The van der Waals surface area contributed by atoms with E-state index in [1.165, 1.54) is 12.1 Å². The Balaban J connectivity index is 1.78. The number of para-hydroxylation sites is 1. The molecule has 0 aliphatic heterocycles. The lowest BCUT2D eigenvalue weighted by molar-refractivity contribution is -0.385. The normalized spacial score (nSPS) is 10.2. The molecule has 0 aliphatic rings. The van der Waals surface area contributed by atoms with Gasteiger partial charge in [-0.05, 0) is 37.6 Å². The van der Waals surface area contributed by atoms with Gasteiger partial charge in [-0.15, -0.1) is 0 Å². The third kappa shape index (κ3) is 5.49. The number of amides is 2. The van der Waals surface area contributed by atoms with E-state index in [0.29, 0.717) is 30.8 Å². The summed E-state index contributed by atoms with van der Waals surface area (Å²) in [4.78, 5) is 24.1. The molecule has 0 bridgehead atoms. The van der Waals surface area contributed by atoms with Crippen molar-refractivity contribution in [2.45, 2.75) is 13.3 Å². The monoisotopic (exact) mass is 343 g/mol. The molecule has 0 aliphatic carbocycles. The number of hydrogen-bond donors (Lipinski definition) is 1. The van der Waals surface area contributed by atoms with Gasteiger partial charge in [0, 0.05) is 30.9 Å². The van der Waals surface area contributed by atoms with E-state index in [0.717, 1.165) is 5.75 Å². The summed E-state index contributed by atoms with van der Waals surface area (Å²) in [6.07, 6.45) is 0.693. The molecule has 1 N–H and O–H groups in total. The average Bonchev–Trinajstić information content (AvgIpc) is 2.59.